The van der Waals surface area contributed by atoms with Crippen molar-refractivity contribution in [1.82, 2.24) is 5.32 Å². The third-order valence-corrected chi connectivity index (χ3v) is 3.10. The molecule has 1 aliphatic carbocycles. The van der Waals surface area contributed by atoms with Crippen molar-refractivity contribution < 1.29 is 14.3 Å². The van der Waals surface area contributed by atoms with Crippen molar-refractivity contribution >= 4 is 11.9 Å². The fraction of sp³-hybridized carbons (Fsp3) is 0.846. The number of nitrogens with one attached hydrogen (secondary N) is 1. The molecule has 1 rings (SSSR count). The molecule has 1 amide bonds. The van der Waals surface area contributed by atoms with E-state index in [2.05, 4.69) is 5.32 Å². The van der Waals surface area contributed by atoms with Crippen LogP contribution < -0.4 is 11.1 Å². The van der Waals surface area contributed by atoms with E-state index >= 15 is 0 Å². The Morgan fingerprint density at radius 1 is 1.33 bits per heavy atom. The predicted octanol–water partition coefficient (Wildman–Crippen LogP) is 0.818. The number of amides is 1. The van der Waals surface area contributed by atoms with Crippen molar-refractivity contribution in [2.24, 2.45) is 17.6 Å². The maximum Gasteiger partial charge on any atom is 0.309 e. The number of ether oxygens (including phenoxy) is 1. The average Bonchev–Trinajstić information content (AvgIpc) is 2.54. The summed E-state index contributed by atoms with van der Waals surface area (Å²) in [5, 5.41) is 2.75. The van der Waals surface area contributed by atoms with Crippen molar-refractivity contribution in [3.05, 3.63) is 0 Å². The zero-order chi connectivity index (χ0) is 13.9. The van der Waals surface area contributed by atoms with E-state index in [0.717, 1.165) is 0 Å². The molecule has 0 aromatic rings. The van der Waals surface area contributed by atoms with Crippen LogP contribution in [-0.2, 0) is 14.3 Å². The summed E-state index contributed by atoms with van der Waals surface area (Å²) < 4.78 is 5.36. The molecule has 5 nitrogen and oxygen atoms in total. The third-order valence-electron chi connectivity index (χ3n) is 3.10. The number of esters is 1. The van der Waals surface area contributed by atoms with Gasteiger partial charge in [0.2, 0.25) is 5.91 Å². The zero-order valence-electron chi connectivity index (χ0n) is 11.7. The van der Waals surface area contributed by atoms with Crippen LogP contribution in [0.15, 0.2) is 0 Å². The minimum Gasteiger partial charge on any atom is -0.460 e. The van der Waals surface area contributed by atoms with E-state index in [9.17, 15) is 9.59 Å². The highest BCUT2D eigenvalue weighted by Crippen LogP contribution is 2.31. The Hall–Kier alpha value is -1.10. The van der Waals surface area contributed by atoms with E-state index in [1.54, 1.807) is 0 Å². The number of hydrogen-bond donors (Lipinski definition) is 2. The lowest BCUT2D eigenvalue weighted by Gasteiger charge is -2.22. The lowest BCUT2D eigenvalue weighted by Crippen LogP contribution is -2.34. The monoisotopic (exact) mass is 256 g/mol. The fourth-order valence-electron chi connectivity index (χ4n) is 2.24. The number of carbonyl (C=O) groups excluding carboxylic acids is 2. The lowest BCUT2D eigenvalue weighted by molar-refractivity contribution is -0.159. The van der Waals surface area contributed by atoms with E-state index in [0.29, 0.717) is 19.4 Å². The Morgan fingerprint density at radius 2 is 1.94 bits per heavy atom. The van der Waals surface area contributed by atoms with E-state index in [1.165, 1.54) is 6.92 Å². The smallest absolute Gasteiger partial charge is 0.309 e. The second-order valence-electron chi connectivity index (χ2n) is 6.06. The molecule has 3 atom stereocenters. The summed E-state index contributed by atoms with van der Waals surface area (Å²) in [5.41, 5.74) is 5.54. The van der Waals surface area contributed by atoms with Crippen LogP contribution in [0.4, 0.5) is 0 Å². The first-order chi connectivity index (χ1) is 8.19. The minimum atomic E-state index is -0.461. The zero-order valence-corrected chi connectivity index (χ0v) is 11.7. The fourth-order valence-corrected chi connectivity index (χ4v) is 2.24. The molecule has 3 N–H and O–H groups in total. The highest BCUT2D eigenvalue weighted by Gasteiger charge is 2.37. The number of nitrogens with two attached hydrogens (primary N) is 1. The molecule has 0 aromatic carbocycles. The second-order valence-corrected chi connectivity index (χ2v) is 6.06. The Bertz CT molecular complexity index is 323. The van der Waals surface area contributed by atoms with Gasteiger partial charge in [-0.3, -0.25) is 9.59 Å². The van der Waals surface area contributed by atoms with Crippen LogP contribution in [-0.4, -0.2) is 30.1 Å². The lowest BCUT2D eigenvalue weighted by atomic mass is 10.0. The Balaban J connectivity index is 2.47. The molecule has 1 aliphatic rings. The average molecular weight is 256 g/mol. The first-order valence-electron chi connectivity index (χ1n) is 6.42. The number of hydrogen-bond acceptors (Lipinski definition) is 4. The summed E-state index contributed by atoms with van der Waals surface area (Å²) in [6, 6.07) is -0.0469. The second kappa shape index (κ2) is 5.69. The molecule has 0 bridgehead atoms. The summed E-state index contributed by atoms with van der Waals surface area (Å²) in [4.78, 5) is 22.8. The molecule has 1 fully saturated rings. The maximum atomic E-state index is 11.9. The Kier molecular flexibility index (Phi) is 4.73. The molecule has 0 unspecified atom stereocenters. The Labute approximate surface area is 108 Å². The van der Waals surface area contributed by atoms with Crippen LogP contribution in [0.3, 0.4) is 0 Å². The first-order valence-corrected chi connectivity index (χ1v) is 6.42. The van der Waals surface area contributed by atoms with E-state index < -0.39 is 5.60 Å². The molecule has 1 saturated carbocycles. The van der Waals surface area contributed by atoms with Gasteiger partial charge in [0.05, 0.1) is 5.92 Å². The van der Waals surface area contributed by atoms with Gasteiger partial charge in [-0.1, -0.05) is 0 Å². The molecule has 0 spiro atoms. The van der Waals surface area contributed by atoms with Crippen LogP contribution >= 0.6 is 0 Å². The van der Waals surface area contributed by atoms with Crippen molar-refractivity contribution in [1.29, 1.82) is 0 Å². The molecule has 18 heavy (non-hydrogen) atoms. The van der Waals surface area contributed by atoms with Gasteiger partial charge in [-0.25, -0.2) is 0 Å². The molecule has 0 radical (unpaired) electrons. The van der Waals surface area contributed by atoms with Gasteiger partial charge in [0.1, 0.15) is 5.60 Å². The van der Waals surface area contributed by atoms with Gasteiger partial charge in [-0.15, -0.1) is 0 Å². The molecule has 0 heterocycles. The molecule has 0 aliphatic heterocycles. The van der Waals surface area contributed by atoms with Gasteiger partial charge >= 0.3 is 5.97 Å². The normalized spacial score (nSPS) is 27.9. The van der Waals surface area contributed by atoms with Gasteiger partial charge < -0.3 is 15.8 Å². The minimum absolute atomic E-state index is 0.0469. The molecule has 0 saturated heterocycles. The van der Waals surface area contributed by atoms with Crippen LogP contribution in [0.1, 0.15) is 40.5 Å². The van der Waals surface area contributed by atoms with Gasteiger partial charge in [-0.05, 0) is 39.5 Å². The van der Waals surface area contributed by atoms with Crippen molar-refractivity contribution in [2.45, 2.75) is 52.2 Å². The van der Waals surface area contributed by atoms with Gasteiger partial charge in [0.15, 0.2) is 0 Å². The SMILES string of the molecule is CC(=O)NC[C@@H]1C[C@H](C(=O)OC(C)(C)C)C[C@H]1N. The number of carbonyl (C=O) groups is 2. The van der Waals surface area contributed by atoms with Crippen molar-refractivity contribution in [3.8, 4) is 0 Å². The largest absolute Gasteiger partial charge is 0.460 e. The summed E-state index contributed by atoms with van der Waals surface area (Å²) in [7, 11) is 0. The van der Waals surface area contributed by atoms with Gasteiger partial charge in [0, 0.05) is 19.5 Å². The molecule has 0 aromatic heterocycles. The van der Waals surface area contributed by atoms with E-state index in [-0.39, 0.29) is 29.8 Å². The van der Waals surface area contributed by atoms with Crippen LogP contribution in [0, 0.1) is 11.8 Å². The van der Waals surface area contributed by atoms with Crippen molar-refractivity contribution in [3.63, 3.8) is 0 Å². The first kappa shape index (κ1) is 15.0. The van der Waals surface area contributed by atoms with Crippen LogP contribution in [0.2, 0.25) is 0 Å². The summed E-state index contributed by atoms with van der Waals surface area (Å²) in [5.74, 6) is -0.226. The quantitative estimate of drug-likeness (QED) is 0.732. The highest BCUT2D eigenvalue weighted by atomic mass is 16.6. The van der Waals surface area contributed by atoms with Gasteiger partial charge in [-0.2, -0.15) is 0 Å². The van der Waals surface area contributed by atoms with Crippen molar-refractivity contribution in [2.75, 3.05) is 6.54 Å². The molecule has 5 heteroatoms. The summed E-state index contributed by atoms with van der Waals surface area (Å²) >= 11 is 0. The third kappa shape index (κ3) is 4.64. The molecule has 104 valence electrons. The topological polar surface area (TPSA) is 81.4 Å². The highest BCUT2D eigenvalue weighted by molar-refractivity contribution is 5.74. The van der Waals surface area contributed by atoms with E-state index in [1.807, 2.05) is 20.8 Å². The van der Waals surface area contributed by atoms with Gasteiger partial charge in [0.25, 0.3) is 0 Å². The van der Waals surface area contributed by atoms with Crippen LogP contribution in [0.5, 0.6) is 0 Å². The van der Waals surface area contributed by atoms with Crippen LogP contribution in [0.25, 0.3) is 0 Å². The maximum absolute atomic E-state index is 11.9. The summed E-state index contributed by atoms with van der Waals surface area (Å²) in [6.45, 7) is 7.58. The Morgan fingerprint density at radius 3 is 2.44 bits per heavy atom. The number of rotatable bonds is 3. The van der Waals surface area contributed by atoms with E-state index in [4.69, 9.17) is 10.5 Å². The molecular weight excluding hydrogens is 232 g/mol. The predicted molar refractivity (Wildman–Crippen MR) is 68.7 cm³/mol. The standard InChI is InChI=1S/C13H24N2O3/c1-8(16)15-7-10-5-9(6-11(10)14)12(17)18-13(2,3)4/h9-11H,5-7,14H2,1-4H3,(H,15,16)/t9-,10-,11+/m0/s1. The molecular formula is C13H24N2O3. The summed E-state index contributed by atoms with van der Waals surface area (Å²) in [6.07, 6.45) is 1.33.